The van der Waals surface area contributed by atoms with Gasteiger partial charge in [0.15, 0.2) is 5.71 Å². The van der Waals surface area contributed by atoms with Gasteiger partial charge in [0.2, 0.25) is 5.69 Å². The van der Waals surface area contributed by atoms with E-state index in [4.69, 9.17) is 21.8 Å². The minimum absolute atomic E-state index is 0. The van der Waals surface area contributed by atoms with Crippen LogP contribution in [0.15, 0.2) is 81.2 Å². The first-order chi connectivity index (χ1) is 24.2. The van der Waals surface area contributed by atoms with Crippen LogP contribution < -0.4 is 34.5 Å². The average molecular weight is 799 g/mol. The summed E-state index contributed by atoms with van der Waals surface area (Å²) < 4.78 is 73.3. The van der Waals surface area contributed by atoms with Gasteiger partial charge in [0.1, 0.15) is 26.8 Å². The van der Waals surface area contributed by atoms with E-state index in [2.05, 4.69) is 0 Å². The summed E-state index contributed by atoms with van der Waals surface area (Å²) in [6.45, 7) is 8.68. The Morgan fingerprint density at radius 2 is 1.36 bits per heavy atom. The van der Waals surface area contributed by atoms with Crippen LogP contribution in [0.4, 0.5) is 11.4 Å². The number of benzene rings is 2. The molecule has 2 heterocycles. The Balaban J connectivity index is 0.00000756. The monoisotopic (exact) mass is 798 g/mol. The van der Waals surface area contributed by atoms with E-state index in [0.29, 0.717) is 67.8 Å². The standard InChI is InChI=1S/C37H45ClN2O10S2.Na/c1-36(2)28-23-26(51(45,46)47)16-18-30(28)39(20-9-5-7-14-34(41)42)32(36)13-11-12-25(38)22-33-37(3,4)29-24-27(52(48,49)50)17-19-31(29)40(33)21-10-6-8-15-35(43)44;/h11-13,16-19,22-24H,5-10,14-15,20-21H2,1-4H3,(H3-,41,42,43,44,45,46,47,48,49,50);/q;+1/p-1. The van der Waals surface area contributed by atoms with Crippen LogP contribution in [0, 0.1) is 0 Å². The number of aliphatic carboxylic acids is 2. The Hall–Kier alpha value is -2.82. The molecule has 2 aromatic rings. The van der Waals surface area contributed by atoms with Crippen LogP contribution in [-0.4, -0.2) is 71.5 Å². The van der Waals surface area contributed by atoms with Crippen molar-refractivity contribution in [2.45, 2.75) is 99.7 Å². The molecule has 0 amide bonds. The molecule has 2 aromatic carbocycles. The van der Waals surface area contributed by atoms with Gasteiger partial charge in [-0.25, -0.2) is 16.8 Å². The summed E-state index contributed by atoms with van der Waals surface area (Å²) in [7, 11) is -9.40. The van der Waals surface area contributed by atoms with Gasteiger partial charge in [0, 0.05) is 65.3 Å². The van der Waals surface area contributed by atoms with E-state index in [9.17, 15) is 35.5 Å². The largest absolute Gasteiger partial charge is 1.00 e. The van der Waals surface area contributed by atoms with Crippen molar-refractivity contribution in [3.8, 4) is 0 Å². The summed E-state index contributed by atoms with van der Waals surface area (Å²) in [5.74, 6) is -1.73. The zero-order valence-electron chi connectivity index (χ0n) is 30.6. The zero-order valence-corrected chi connectivity index (χ0v) is 35.0. The van der Waals surface area contributed by atoms with Crippen molar-refractivity contribution in [2.24, 2.45) is 0 Å². The zero-order chi connectivity index (χ0) is 38.6. The maximum Gasteiger partial charge on any atom is 1.00 e. The summed E-state index contributed by atoms with van der Waals surface area (Å²) in [5, 5.41) is 18.4. The van der Waals surface area contributed by atoms with Crippen LogP contribution in [0.5, 0.6) is 0 Å². The van der Waals surface area contributed by atoms with Gasteiger partial charge in [-0.1, -0.05) is 37.9 Å². The molecule has 0 radical (unpaired) electrons. The number of unbranched alkanes of at least 4 members (excludes halogenated alkanes) is 4. The molecular formula is C37H44ClN2NaO10S2. The Morgan fingerprint density at radius 3 is 1.92 bits per heavy atom. The van der Waals surface area contributed by atoms with Crippen molar-refractivity contribution < 1.29 is 79.9 Å². The molecular weight excluding hydrogens is 755 g/mol. The number of rotatable bonds is 17. The normalized spacial score (nSPS) is 17.3. The fourth-order valence-electron chi connectivity index (χ4n) is 6.92. The number of anilines is 1. The smallest absolute Gasteiger partial charge is 0.744 e. The Kier molecular flexibility index (Phi) is 14.9. The van der Waals surface area contributed by atoms with Crippen LogP contribution in [0.1, 0.15) is 90.2 Å². The van der Waals surface area contributed by atoms with Crippen molar-refractivity contribution >= 4 is 60.9 Å². The molecule has 0 bridgehead atoms. The fourth-order valence-corrected chi connectivity index (χ4v) is 8.09. The number of halogens is 1. The molecule has 2 N–H and O–H groups in total. The first kappa shape index (κ1) is 44.6. The maximum atomic E-state index is 11.9. The van der Waals surface area contributed by atoms with Crippen molar-refractivity contribution in [2.75, 3.05) is 18.0 Å². The Labute approximate surface area is 338 Å². The fraction of sp³-hybridized carbons (Fsp3) is 0.432. The molecule has 282 valence electrons. The van der Waals surface area contributed by atoms with E-state index in [-0.39, 0.29) is 52.2 Å². The van der Waals surface area contributed by atoms with E-state index < -0.39 is 43.0 Å². The van der Waals surface area contributed by atoms with Gasteiger partial charge in [-0.3, -0.25) is 9.59 Å². The summed E-state index contributed by atoms with van der Waals surface area (Å²) in [6, 6.07) is 8.59. The number of carbonyl (C=O) groups is 2. The molecule has 0 unspecified atom stereocenters. The number of carboxylic acids is 2. The second-order valence-electron chi connectivity index (χ2n) is 14.1. The molecule has 12 nitrogen and oxygen atoms in total. The van der Waals surface area contributed by atoms with Gasteiger partial charge in [0.25, 0.3) is 0 Å². The molecule has 0 aromatic heterocycles. The molecule has 2 aliphatic rings. The van der Waals surface area contributed by atoms with Crippen LogP contribution in [-0.2, 0) is 40.7 Å². The quantitative estimate of drug-likeness (QED) is 0.0782. The van der Waals surface area contributed by atoms with Crippen LogP contribution in [0.2, 0.25) is 0 Å². The third kappa shape index (κ3) is 10.7. The topological polar surface area (TPSA) is 195 Å². The molecule has 0 saturated heterocycles. The van der Waals surface area contributed by atoms with Gasteiger partial charge in [-0.05, 0) is 87.6 Å². The molecule has 2 aliphatic heterocycles. The number of hydrogen-bond donors (Lipinski definition) is 2. The van der Waals surface area contributed by atoms with Gasteiger partial charge in [-0.2, -0.15) is 4.58 Å². The molecule has 16 heteroatoms. The van der Waals surface area contributed by atoms with E-state index in [1.54, 1.807) is 30.4 Å². The SMILES string of the molecule is CC1(C)C(/C=C/C=C(Cl)/C=C2\N(CCCCCC(=O)O)c3ccc(S(=O)(=O)[O-])cc3C2(C)C)=[N+](CCCCCC(=O)O)c2ccc(S(=O)(=O)[O-])cc21.[Na+]. The van der Waals surface area contributed by atoms with Crippen LogP contribution >= 0.6 is 11.6 Å². The Bertz CT molecular complexity index is 2090. The molecule has 0 fully saturated rings. The van der Waals surface area contributed by atoms with Crippen molar-refractivity contribution in [1.82, 2.24) is 0 Å². The third-order valence-corrected chi connectivity index (χ3v) is 11.5. The predicted octanol–water partition coefficient (Wildman–Crippen LogP) is 3.53. The van der Waals surface area contributed by atoms with E-state index in [0.717, 1.165) is 22.8 Å². The second kappa shape index (κ2) is 17.8. The van der Waals surface area contributed by atoms with E-state index in [1.165, 1.54) is 24.3 Å². The van der Waals surface area contributed by atoms with E-state index >= 15 is 0 Å². The number of hydrogen-bond acceptors (Lipinski definition) is 9. The van der Waals surface area contributed by atoms with E-state index in [1.807, 2.05) is 43.2 Å². The van der Waals surface area contributed by atoms with Gasteiger partial charge in [0.05, 0.1) is 15.2 Å². The van der Waals surface area contributed by atoms with Crippen LogP contribution in [0.25, 0.3) is 0 Å². The first-order valence-electron chi connectivity index (χ1n) is 17.0. The summed E-state index contributed by atoms with van der Waals surface area (Å²) in [5.41, 5.74) is 2.88. The number of carboxylic acid groups (broad SMARTS) is 2. The molecule has 4 rings (SSSR count). The maximum absolute atomic E-state index is 11.9. The third-order valence-electron chi connectivity index (χ3n) is 9.63. The van der Waals surface area contributed by atoms with Crippen molar-refractivity contribution in [3.05, 3.63) is 82.6 Å². The van der Waals surface area contributed by atoms with Gasteiger partial charge < -0.3 is 24.2 Å². The van der Waals surface area contributed by atoms with Crippen molar-refractivity contribution in [1.29, 1.82) is 0 Å². The molecule has 0 saturated carbocycles. The van der Waals surface area contributed by atoms with Crippen molar-refractivity contribution in [3.63, 3.8) is 0 Å². The predicted molar refractivity (Wildman–Crippen MR) is 195 cm³/mol. The minimum atomic E-state index is -4.71. The number of allylic oxidation sites excluding steroid dienone is 6. The molecule has 0 aliphatic carbocycles. The Morgan fingerprint density at radius 1 is 0.811 bits per heavy atom. The minimum Gasteiger partial charge on any atom is -0.744 e. The number of fused-ring (bicyclic) bond motifs is 2. The summed E-state index contributed by atoms with van der Waals surface area (Å²) in [6.07, 6.45) is 10.9. The molecule has 0 spiro atoms. The first-order valence-corrected chi connectivity index (χ1v) is 20.2. The van der Waals surface area contributed by atoms with Gasteiger partial charge in [-0.15, -0.1) is 0 Å². The summed E-state index contributed by atoms with van der Waals surface area (Å²) in [4.78, 5) is 23.3. The molecule has 0 atom stereocenters. The molecule has 53 heavy (non-hydrogen) atoms. The second-order valence-corrected chi connectivity index (χ2v) is 17.2. The van der Waals surface area contributed by atoms with Crippen LogP contribution in [0.3, 0.4) is 0 Å². The summed E-state index contributed by atoms with van der Waals surface area (Å²) >= 11 is 6.84. The van der Waals surface area contributed by atoms with Gasteiger partial charge >= 0.3 is 41.5 Å². The average Bonchev–Trinajstić information content (AvgIpc) is 3.37. The number of nitrogens with zero attached hydrogens (tertiary/aromatic N) is 2.